The summed E-state index contributed by atoms with van der Waals surface area (Å²) in [5.74, 6) is 1.71. The number of aliphatic hydroxyl groups excluding tert-OH is 1. The summed E-state index contributed by atoms with van der Waals surface area (Å²) in [7, 11) is 0. The zero-order chi connectivity index (χ0) is 9.97. The third-order valence-electron chi connectivity index (χ3n) is 4.04. The Hall–Kier alpha value is -0.300. The van der Waals surface area contributed by atoms with Gasteiger partial charge in [0.2, 0.25) is 0 Å². The van der Waals surface area contributed by atoms with Crippen molar-refractivity contribution in [3.63, 3.8) is 0 Å². The van der Waals surface area contributed by atoms with Crippen molar-refractivity contribution in [2.75, 3.05) is 0 Å². The van der Waals surface area contributed by atoms with Crippen LogP contribution in [0.5, 0.6) is 0 Å². The van der Waals surface area contributed by atoms with Gasteiger partial charge in [-0.15, -0.1) is 0 Å². The van der Waals surface area contributed by atoms with E-state index in [1.165, 1.54) is 32.1 Å². The molecule has 0 spiro atoms. The van der Waals surface area contributed by atoms with Crippen LogP contribution >= 0.6 is 0 Å². The minimum Gasteiger partial charge on any atom is -0.389 e. The monoisotopic (exact) mass is 194 g/mol. The quantitative estimate of drug-likeness (QED) is 0.669. The molecule has 80 valence electrons. The van der Waals surface area contributed by atoms with E-state index in [1.807, 2.05) is 0 Å². The summed E-state index contributed by atoms with van der Waals surface area (Å²) in [5.41, 5.74) is 1.57. The van der Waals surface area contributed by atoms with Gasteiger partial charge in [0.15, 0.2) is 0 Å². The van der Waals surface area contributed by atoms with Crippen LogP contribution in [0.15, 0.2) is 11.6 Å². The Morgan fingerprint density at radius 1 is 1.29 bits per heavy atom. The number of hydrogen-bond donors (Lipinski definition) is 1. The number of rotatable bonds is 2. The van der Waals surface area contributed by atoms with Crippen molar-refractivity contribution in [3.05, 3.63) is 11.6 Å². The molecule has 0 aromatic rings. The fourth-order valence-corrected chi connectivity index (χ4v) is 3.22. The second-order valence-electron chi connectivity index (χ2n) is 4.91. The highest BCUT2D eigenvalue weighted by Gasteiger charge is 2.29. The molecule has 0 heterocycles. The molecule has 0 amide bonds. The molecule has 0 radical (unpaired) electrons. The Morgan fingerprint density at radius 2 is 2.07 bits per heavy atom. The molecule has 14 heavy (non-hydrogen) atoms. The molecule has 1 heteroatoms. The van der Waals surface area contributed by atoms with Crippen LogP contribution < -0.4 is 0 Å². The molecule has 0 aromatic carbocycles. The van der Waals surface area contributed by atoms with Crippen LogP contribution in [-0.2, 0) is 0 Å². The van der Waals surface area contributed by atoms with E-state index in [4.69, 9.17) is 0 Å². The maximum atomic E-state index is 9.51. The van der Waals surface area contributed by atoms with Gasteiger partial charge in [0.25, 0.3) is 0 Å². The summed E-state index contributed by atoms with van der Waals surface area (Å²) in [6.45, 7) is 2.31. The van der Waals surface area contributed by atoms with Crippen LogP contribution in [0.2, 0.25) is 0 Å². The van der Waals surface area contributed by atoms with Crippen LogP contribution in [-0.4, -0.2) is 11.2 Å². The third-order valence-corrected chi connectivity index (χ3v) is 4.04. The van der Waals surface area contributed by atoms with Gasteiger partial charge in [-0.3, -0.25) is 0 Å². The molecule has 1 nitrogen and oxygen atoms in total. The lowest BCUT2D eigenvalue weighted by Crippen LogP contribution is -2.20. The first-order valence-electron chi connectivity index (χ1n) is 6.20. The van der Waals surface area contributed by atoms with E-state index in [0.29, 0.717) is 0 Å². The highest BCUT2D eigenvalue weighted by atomic mass is 16.3. The summed E-state index contributed by atoms with van der Waals surface area (Å²) < 4.78 is 0. The predicted octanol–water partition coefficient (Wildman–Crippen LogP) is 3.28. The fraction of sp³-hybridized carbons (Fsp3) is 0.846. The van der Waals surface area contributed by atoms with Crippen molar-refractivity contribution in [3.8, 4) is 0 Å². The molecule has 1 fully saturated rings. The van der Waals surface area contributed by atoms with E-state index in [0.717, 1.165) is 24.7 Å². The molecular weight excluding hydrogens is 172 g/mol. The van der Waals surface area contributed by atoms with Gasteiger partial charge >= 0.3 is 0 Å². The Morgan fingerprint density at radius 3 is 2.71 bits per heavy atom. The van der Waals surface area contributed by atoms with E-state index in [1.54, 1.807) is 5.57 Å². The highest BCUT2D eigenvalue weighted by molar-refractivity contribution is 5.16. The van der Waals surface area contributed by atoms with Crippen LogP contribution in [0.1, 0.15) is 51.9 Å². The van der Waals surface area contributed by atoms with E-state index in [2.05, 4.69) is 13.0 Å². The molecule has 2 aliphatic carbocycles. The lowest BCUT2D eigenvalue weighted by atomic mass is 9.74. The molecule has 0 aliphatic heterocycles. The molecule has 3 unspecified atom stereocenters. The van der Waals surface area contributed by atoms with Crippen LogP contribution in [0, 0.1) is 11.8 Å². The minimum absolute atomic E-state index is 0.135. The van der Waals surface area contributed by atoms with Crippen LogP contribution in [0.25, 0.3) is 0 Å². The largest absolute Gasteiger partial charge is 0.389 e. The lowest BCUT2D eigenvalue weighted by molar-refractivity contribution is 0.223. The van der Waals surface area contributed by atoms with Gasteiger partial charge in [0.05, 0.1) is 6.10 Å². The zero-order valence-corrected chi connectivity index (χ0v) is 9.21. The Kier molecular flexibility index (Phi) is 3.27. The molecular formula is C13H22O. The van der Waals surface area contributed by atoms with Gasteiger partial charge < -0.3 is 5.11 Å². The minimum atomic E-state index is -0.135. The molecule has 2 rings (SSSR count). The Balaban J connectivity index is 2.03. The van der Waals surface area contributed by atoms with E-state index < -0.39 is 0 Å². The SMILES string of the molecule is CCC1CCCCC1C1=CC(O)CC1. The van der Waals surface area contributed by atoms with E-state index in [9.17, 15) is 5.11 Å². The molecule has 1 N–H and O–H groups in total. The first-order valence-corrected chi connectivity index (χ1v) is 6.20. The van der Waals surface area contributed by atoms with Crippen molar-refractivity contribution in [2.24, 2.45) is 11.8 Å². The first kappa shape index (κ1) is 10.2. The number of aliphatic hydroxyl groups is 1. The van der Waals surface area contributed by atoms with Crippen molar-refractivity contribution in [1.29, 1.82) is 0 Å². The van der Waals surface area contributed by atoms with Gasteiger partial charge in [-0.2, -0.15) is 0 Å². The highest BCUT2D eigenvalue weighted by Crippen LogP contribution is 2.40. The summed E-state index contributed by atoms with van der Waals surface area (Å²) in [5, 5.41) is 9.51. The second-order valence-corrected chi connectivity index (χ2v) is 4.91. The average Bonchev–Trinajstić information content (AvgIpc) is 2.65. The molecule has 0 saturated heterocycles. The van der Waals surface area contributed by atoms with Gasteiger partial charge in [-0.05, 0) is 37.5 Å². The summed E-state index contributed by atoms with van der Waals surface area (Å²) >= 11 is 0. The molecule has 2 aliphatic rings. The van der Waals surface area contributed by atoms with Crippen molar-refractivity contribution in [2.45, 2.75) is 58.0 Å². The topological polar surface area (TPSA) is 20.2 Å². The molecule has 0 aromatic heterocycles. The Labute approximate surface area is 87.2 Å². The second kappa shape index (κ2) is 4.48. The summed E-state index contributed by atoms with van der Waals surface area (Å²) in [4.78, 5) is 0. The maximum Gasteiger partial charge on any atom is 0.0726 e. The standard InChI is InChI=1S/C13H22O/c1-2-10-5-3-4-6-13(10)11-7-8-12(14)9-11/h9-10,12-14H,2-8H2,1H3. The molecule has 3 atom stereocenters. The predicted molar refractivity (Wildman–Crippen MR) is 59.1 cm³/mol. The maximum absolute atomic E-state index is 9.51. The fourth-order valence-electron chi connectivity index (χ4n) is 3.22. The first-order chi connectivity index (χ1) is 6.81. The average molecular weight is 194 g/mol. The van der Waals surface area contributed by atoms with Crippen molar-refractivity contribution < 1.29 is 5.11 Å². The lowest BCUT2D eigenvalue weighted by Gasteiger charge is -2.32. The zero-order valence-electron chi connectivity index (χ0n) is 9.21. The smallest absolute Gasteiger partial charge is 0.0726 e. The van der Waals surface area contributed by atoms with Gasteiger partial charge in [0.1, 0.15) is 0 Å². The number of allylic oxidation sites excluding steroid dienone is 1. The molecule has 1 saturated carbocycles. The van der Waals surface area contributed by atoms with Crippen molar-refractivity contribution in [1.82, 2.24) is 0 Å². The van der Waals surface area contributed by atoms with E-state index in [-0.39, 0.29) is 6.10 Å². The summed E-state index contributed by atoms with van der Waals surface area (Å²) in [6, 6.07) is 0. The third kappa shape index (κ3) is 2.03. The van der Waals surface area contributed by atoms with Crippen LogP contribution in [0.4, 0.5) is 0 Å². The van der Waals surface area contributed by atoms with Gasteiger partial charge in [-0.1, -0.05) is 37.8 Å². The van der Waals surface area contributed by atoms with E-state index >= 15 is 0 Å². The normalized spacial score (nSPS) is 38.4. The van der Waals surface area contributed by atoms with Crippen molar-refractivity contribution >= 4 is 0 Å². The number of hydrogen-bond acceptors (Lipinski definition) is 1. The summed E-state index contributed by atoms with van der Waals surface area (Å²) in [6.07, 6.45) is 11.1. The van der Waals surface area contributed by atoms with Gasteiger partial charge in [0, 0.05) is 0 Å². The van der Waals surface area contributed by atoms with Gasteiger partial charge in [-0.25, -0.2) is 0 Å². The van der Waals surface area contributed by atoms with Crippen LogP contribution in [0.3, 0.4) is 0 Å². The molecule has 0 bridgehead atoms. The Bertz CT molecular complexity index is 219.